The fourth-order valence-electron chi connectivity index (χ4n) is 2.27. The van der Waals surface area contributed by atoms with Crippen LogP contribution < -0.4 is 10.1 Å². The van der Waals surface area contributed by atoms with Crippen LogP contribution in [0.5, 0.6) is 5.75 Å². The number of benzene rings is 2. The van der Waals surface area contributed by atoms with Crippen LogP contribution in [-0.2, 0) is 6.54 Å². The molecule has 0 aliphatic carbocycles. The lowest BCUT2D eigenvalue weighted by Gasteiger charge is -2.11. The summed E-state index contributed by atoms with van der Waals surface area (Å²) in [6.45, 7) is 0.708. The summed E-state index contributed by atoms with van der Waals surface area (Å²) in [6.07, 6.45) is 1.83. The Morgan fingerprint density at radius 1 is 1.14 bits per heavy atom. The van der Waals surface area contributed by atoms with Crippen LogP contribution in [0.4, 0.5) is 5.69 Å². The molecule has 0 spiro atoms. The third kappa shape index (κ3) is 3.00. The van der Waals surface area contributed by atoms with E-state index in [9.17, 15) is 0 Å². The molecule has 0 unspecified atom stereocenters. The Morgan fingerprint density at radius 2 is 2.00 bits per heavy atom. The van der Waals surface area contributed by atoms with Crippen molar-refractivity contribution in [3.05, 3.63) is 64.8 Å². The van der Waals surface area contributed by atoms with Gasteiger partial charge in [0, 0.05) is 28.7 Å². The van der Waals surface area contributed by atoms with Gasteiger partial charge in [-0.1, -0.05) is 24.3 Å². The summed E-state index contributed by atoms with van der Waals surface area (Å²) in [7, 11) is 1.67. The molecule has 0 radical (unpaired) electrons. The first-order chi connectivity index (χ1) is 10.3. The number of anilines is 1. The van der Waals surface area contributed by atoms with Crippen molar-refractivity contribution in [3.8, 4) is 5.75 Å². The first-order valence-electron chi connectivity index (χ1n) is 6.68. The van der Waals surface area contributed by atoms with Gasteiger partial charge in [-0.25, -0.2) is 0 Å². The Labute approximate surface area is 132 Å². The number of rotatable bonds is 4. The molecule has 3 aromatic rings. The standard InChI is InChI=1S/C17H15BrN2O/c1-21-14-7-8-15(18)16(10-14)20-11-13-5-2-4-12-6-3-9-19-17(12)13/h2-10,20H,11H2,1H3. The lowest BCUT2D eigenvalue weighted by atomic mass is 10.1. The maximum absolute atomic E-state index is 5.26. The average molecular weight is 343 g/mol. The number of nitrogens with zero attached hydrogens (tertiary/aromatic N) is 1. The van der Waals surface area contributed by atoms with Gasteiger partial charge in [0.1, 0.15) is 5.75 Å². The molecule has 3 rings (SSSR count). The zero-order chi connectivity index (χ0) is 14.7. The van der Waals surface area contributed by atoms with E-state index < -0.39 is 0 Å². The van der Waals surface area contributed by atoms with Gasteiger partial charge >= 0.3 is 0 Å². The zero-order valence-corrected chi connectivity index (χ0v) is 13.2. The van der Waals surface area contributed by atoms with Crippen molar-refractivity contribution < 1.29 is 4.74 Å². The van der Waals surface area contributed by atoms with Gasteiger partial charge in [-0.05, 0) is 39.7 Å². The highest BCUT2D eigenvalue weighted by molar-refractivity contribution is 9.10. The van der Waals surface area contributed by atoms with E-state index in [1.807, 2.05) is 30.5 Å². The van der Waals surface area contributed by atoms with Crippen molar-refractivity contribution in [2.45, 2.75) is 6.54 Å². The molecular weight excluding hydrogens is 328 g/mol. The highest BCUT2D eigenvalue weighted by Crippen LogP contribution is 2.28. The summed E-state index contributed by atoms with van der Waals surface area (Å²) in [5.41, 5.74) is 3.21. The molecule has 0 saturated carbocycles. The van der Waals surface area contributed by atoms with Crippen molar-refractivity contribution in [3.63, 3.8) is 0 Å². The number of nitrogens with one attached hydrogen (secondary N) is 1. The molecule has 0 amide bonds. The molecular formula is C17H15BrN2O. The number of halogens is 1. The Bertz CT molecular complexity index is 768. The van der Waals surface area contributed by atoms with Gasteiger partial charge in [-0.2, -0.15) is 0 Å². The highest BCUT2D eigenvalue weighted by Gasteiger charge is 2.05. The van der Waals surface area contributed by atoms with Crippen LogP contribution in [0.3, 0.4) is 0 Å². The van der Waals surface area contributed by atoms with E-state index in [2.05, 4.69) is 50.5 Å². The van der Waals surface area contributed by atoms with Gasteiger partial charge in [0.15, 0.2) is 0 Å². The summed E-state index contributed by atoms with van der Waals surface area (Å²) < 4.78 is 6.27. The predicted octanol–water partition coefficient (Wildman–Crippen LogP) is 4.62. The Morgan fingerprint density at radius 3 is 2.86 bits per heavy atom. The lowest BCUT2D eigenvalue weighted by Crippen LogP contribution is -2.01. The Balaban J connectivity index is 1.87. The van der Waals surface area contributed by atoms with Gasteiger partial charge in [-0.15, -0.1) is 0 Å². The first kappa shape index (κ1) is 13.9. The molecule has 4 heteroatoms. The molecule has 0 aliphatic heterocycles. The predicted molar refractivity (Wildman–Crippen MR) is 89.8 cm³/mol. The van der Waals surface area contributed by atoms with E-state index in [1.165, 1.54) is 5.56 Å². The van der Waals surface area contributed by atoms with E-state index in [0.717, 1.165) is 26.8 Å². The van der Waals surface area contributed by atoms with Gasteiger partial charge in [-0.3, -0.25) is 4.98 Å². The van der Waals surface area contributed by atoms with Crippen molar-refractivity contribution in [2.24, 2.45) is 0 Å². The fourth-order valence-corrected chi connectivity index (χ4v) is 2.65. The molecule has 0 aliphatic rings. The van der Waals surface area contributed by atoms with Crippen molar-refractivity contribution >= 4 is 32.5 Å². The molecule has 2 aromatic carbocycles. The molecule has 1 aromatic heterocycles. The van der Waals surface area contributed by atoms with Crippen molar-refractivity contribution in [2.75, 3.05) is 12.4 Å². The molecule has 106 valence electrons. The lowest BCUT2D eigenvalue weighted by molar-refractivity contribution is 0.415. The van der Waals surface area contributed by atoms with Gasteiger partial charge in [0.2, 0.25) is 0 Å². The second kappa shape index (κ2) is 6.14. The number of pyridine rings is 1. The van der Waals surface area contributed by atoms with Crippen molar-refractivity contribution in [1.29, 1.82) is 0 Å². The summed E-state index contributed by atoms with van der Waals surface area (Å²) in [6, 6.07) is 16.1. The SMILES string of the molecule is COc1ccc(Br)c(NCc2cccc3cccnc23)c1. The van der Waals surface area contributed by atoms with Crippen LogP contribution in [0.15, 0.2) is 59.2 Å². The average Bonchev–Trinajstić information content (AvgIpc) is 2.54. The van der Waals surface area contributed by atoms with Crippen LogP contribution in [0.2, 0.25) is 0 Å². The van der Waals surface area contributed by atoms with E-state index in [4.69, 9.17) is 4.74 Å². The maximum atomic E-state index is 5.26. The van der Waals surface area contributed by atoms with Gasteiger partial charge in [0.25, 0.3) is 0 Å². The molecule has 1 heterocycles. The van der Waals surface area contributed by atoms with Crippen LogP contribution in [0.25, 0.3) is 10.9 Å². The van der Waals surface area contributed by atoms with Crippen LogP contribution in [-0.4, -0.2) is 12.1 Å². The van der Waals surface area contributed by atoms with E-state index >= 15 is 0 Å². The molecule has 21 heavy (non-hydrogen) atoms. The second-order valence-corrected chi connectivity index (χ2v) is 5.55. The minimum Gasteiger partial charge on any atom is -0.497 e. The monoisotopic (exact) mass is 342 g/mol. The van der Waals surface area contributed by atoms with Crippen LogP contribution in [0.1, 0.15) is 5.56 Å². The summed E-state index contributed by atoms with van der Waals surface area (Å²) in [5.74, 6) is 0.830. The maximum Gasteiger partial charge on any atom is 0.121 e. The number of aromatic nitrogens is 1. The number of hydrogen-bond acceptors (Lipinski definition) is 3. The Hall–Kier alpha value is -2.07. The minimum absolute atomic E-state index is 0.708. The molecule has 0 fully saturated rings. The van der Waals surface area contributed by atoms with Crippen LogP contribution >= 0.6 is 15.9 Å². The molecule has 0 saturated heterocycles. The van der Waals surface area contributed by atoms with E-state index in [1.54, 1.807) is 7.11 Å². The number of ether oxygens (including phenoxy) is 1. The van der Waals surface area contributed by atoms with E-state index in [0.29, 0.717) is 6.54 Å². The fraction of sp³-hybridized carbons (Fsp3) is 0.118. The summed E-state index contributed by atoms with van der Waals surface area (Å²) in [4.78, 5) is 4.47. The topological polar surface area (TPSA) is 34.1 Å². The van der Waals surface area contributed by atoms with Gasteiger partial charge in [0.05, 0.1) is 18.3 Å². The molecule has 0 bridgehead atoms. The molecule has 1 N–H and O–H groups in total. The second-order valence-electron chi connectivity index (χ2n) is 4.69. The largest absolute Gasteiger partial charge is 0.497 e. The zero-order valence-electron chi connectivity index (χ0n) is 11.6. The number of methoxy groups -OCH3 is 1. The Kier molecular flexibility index (Phi) is 4.06. The van der Waals surface area contributed by atoms with E-state index in [-0.39, 0.29) is 0 Å². The highest BCUT2D eigenvalue weighted by atomic mass is 79.9. The third-order valence-electron chi connectivity index (χ3n) is 3.36. The summed E-state index contributed by atoms with van der Waals surface area (Å²) in [5, 5.41) is 4.58. The number of hydrogen-bond donors (Lipinski definition) is 1. The van der Waals surface area contributed by atoms with Crippen LogP contribution in [0, 0.1) is 0 Å². The number of fused-ring (bicyclic) bond motifs is 1. The molecule has 0 atom stereocenters. The quantitative estimate of drug-likeness (QED) is 0.751. The van der Waals surface area contributed by atoms with Gasteiger partial charge < -0.3 is 10.1 Å². The number of para-hydroxylation sites is 1. The smallest absolute Gasteiger partial charge is 0.121 e. The van der Waals surface area contributed by atoms with Crippen molar-refractivity contribution in [1.82, 2.24) is 4.98 Å². The summed E-state index contributed by atoms with van der Waals surface area (Å²) >= 11 is 3.55. The molecule has 3 nitrogen and oxygen atoms in total. The minimum atomic E-state index is 0.708. The third-order valence-corrected chi connectivity index (χ3v) is 4.05. The first-order valence-corrected chi connectivity index (χ1v) is 7.47. The normalized spacial score (nSPS) is 10.6.